The maximum absolute atomic E-state index is 11.6. The van der Waals surface area contributed by atoms with E-state index in [4.69, 9.17) is 0 Å². The van der Waals surface area contributed by atoms with Gasteiger partial charge in [0.15, 0.2) is 5.96 Å². The molecule has 0 unspecified atom stereocenters. The van der Waals surface area contributed by atoms with Crippen LogP contribution in [0.4, 0.5) is 0 Å². The molecule has 5 nitrogen and oxygen atoms in total. The van der Waals surface area contributed by atoms with E-state index in [9.17, 15) is 4.79 Å². The van der Waals surface area contributed by atoms with Crippen molar-refractivity contribution < 1.29 is 4.79 Å². The highest BCUT2D eigenvalue weighted by atomic mass is 127. The summed E-state index contributed by atoms with van der Waals surface area (Å²) in [4.78, 5) is 15.8. The lowest BCUT2D eigenvalue weighted by Crippen LogP contribution is -2.37. The van der Waals surface area contributed by atoms with E-state index in [1.54, 1.807) is 20.2 Å². The number of hydrogen-bond acceptors (Lipinski definition) is 2. The highest BCUT2D eigenvalue weighted by molar-refractivity contribution is 14.0. The van der Waals surface area contributed by atoms with Crippen molar-refractivity contribution in [2.45, 2.75) is 32.7 Å². The van der Waals surface area contributed by atoms with Gasteiger partial charge >= 0.3 is 0 Å². The number of nitrogens with zero attached hydrogens (tertiary/aromatic N) is 1. The van der Waals surface area contributed by atoms with Gasteiger partial charge in [-0.3, -0.25) is 9.79 Å². The van der Waals surface area contributed by atoms with Crippen molar-refractivity contribution in [2.75, 3.05) is 20.6 Å². The maximum atomic E-state index is 11.6. The average molecular weight is 418 g/mol. The van der Waals surface area contributed by atoms with E-state index in [1.165, 1.54) is 12.8 Å². The van der Waals surface area contributed by atoms with Gasteiger partial charge in [-0.05, 0) is 24.1 Å². The van der Waals surface area contributed by atoms with Crippen LogP contribution in [0, 0.1) is 0 Å². The summed E-state index contributed by atoms with van der Waals surface area (Å²) in [6.45, 7) is 3.75. The molecule has 1 aromatic carbocycles. The van der Waals surface area contributed by atoms with Gasteiger partial charge < -0.3 is 16.0 Å². The van der Waals surface area contributed by atoms with Gasteiger partial charge in [-0.25, -0.2) is 0 Å². The molecular formula is C16H27IN4O. The number of benzene rings is 1. The fourth-order valence-corrected chi connectivity index (χ4v) is 1.96. The number of amides is 1. The molecule has 0 saturated heterocycles. The first-order valence-electron chi connectivity index (χ1n) is 7.46. The van der Waals surface area contributed by atoms with Crippen LogP contribution in [0.1, 0.15) is 42.1 Å². The zero-order valence-electron chi connectivity index (χ0n) is 13.6. The van der Waals surface area contributed by atoms with Crippen LogP contribution in [0.15, 0.2) is 29.3 Å². The lowest BCUT2D eigenvalue weighted by Gasteiger charge is -2.12. The molecule has 124 valence electrons. The Morgan fingerprint density at radius 2 is 2.00 bits per heavy atom. The first-order chi connectivity index (χ1) is 10.2. The Kier molecular flexibility index (Phi) is 11.5. The zero-order chi connectivity index (χ0) is 15.5. The standard InChI is InChI=1S/C16H26N4O.HI/c1-4-5-6-10-19-16(18-3)20-12-13-8-7-9-14(11-13)15(21)17-2;/h7-9,11H,4-6,10,12H2,1-3H3,(H,17,21)(H2,18,19,20);1H. The second kappa shape index (κ2) is 12.3. The summed E-state index contributed by atoms with van der Waals surface area (Å²) >= 11 is 0. The predicted octanol–water partition coefficient (Wildman–Crippen LogP) is 2.52. The minimum atomic E-state index is -0.0704. The molecule has 0 aliphatic heterocycles. The number of carbonyl (C=O) groups is 1. The minimum Gasteiger partial charge on any atom is -0.356 e. The SMILES string of the molecule is CCCCCNC(=NC)NCc1cccc(C(=O)NC)c1.I. The topological polar surface area (TPSA) is 65.5 Å². The number of rotatable bonds is 7. The quantitative estimate of drug-likeness (QED) is 0.276. The molecule has 0 aliphatic carbocycles. The molecule has 0 spiro atoms. The van der Waals surface area contributed by atoms with Crippen molar-refractivity contribution in [3.05, 3.63) is 35.4 Å². The monoisotopic (exact) mass is 418 g/mol. The minimum absolute atomic E-state index is 0. The van der Waals surface area contributed by atoms with Gasteiger partial charge in [0.05, 0.1) is 0 Å². The molecule has 0 saturated carbocycles. The number of guanidine groups is 1. The van der Waals surface area contributed by atoms with E-state index >= 15 is 0 Å². The first-order valence-corrected chi connectivity index (χ1v) is 7.46. The van der Waals surface area contributed by atoms with Gasteiger partial charge in [-0.1, -0.05) is 31.9 Å². The molecule has 0 aliphatic rings. The highest BCUT2D eigenvalue weighted by Crippen LogP contribution is 2.05. The van der Waals surface area contributed by atoms with Crippen LogP contribution in [0.5, 0.6) is 0 Å². The van der Waals surface area contributed by atoms with Crippen LogP contribution in [-0.4, -0.2) is 32.5 Å². The molecule has 0 heterocycles. The van der Waals surface area contributed by atoms with Gasteiger partial charge in [-0.2, -0.15) is 0 Å². The van der Waals surface area contributed by atoms with Gasteiger partial charge in [0.2, 0.25) is 0 Å². The van der Waals surface area contributed by atoms with Crippen LogP contribution >= 0.6 is 24.0 Å². The summed E-state index contributed by atoms with van der Waals surface area (Å²) in [7, 11) is 3.39. The zero-order valence-corrected chi connectivity index (χ0v) is 15.9. The van der Waals surface area contributed by atoms with E-state index in [-0.39, 0.29) is 29.9 Å². The van der Waals surface area contributed by atoms with Crippen molar-refractivity contribution in [3.8, 4) is 0 Å². The summed E-state index contributed by atoms with van der Waals surface area (Å²) in [6.07, 6.45) is 3.57. The summed E-state index contributed by atoms with van der Waals surface area (Å²) < 4.78 is 0. The van der Waals surface area contributed by atoms with E-state index in [2.05, 4.69) is 27.9 Å². The van der Waals surface area contributed by atoms with Gasteiger partial charge in [-0.15, -0.1) is 24.0 Å². The third-order valence-electron chi connectivity index (χ3n) is 3.17. The smallest absolute Gasteiger partial charge is 0.251 e. The Morgan fingerprint density at radius 3 is 2.64 bits per heavy atom. The molecule has 3 N–H and O–H groups in total. The lowest BCUT2D eigenvalue weighted by molar-refractivity contribution is 0.0963. The van der Waals surface area contributed by atoms with Crippen LogP contribution < -0.4 is 16.0 Å². The third-order valence-corrected chi connectivity index (χ3v) is 3.17. The number of nitrogens with one attached hydrogen (secondary N) is 3. The number of hydrogen-bond donors (Lipinski definition) is 3. The summed E-state index contributed by atoms with van der Waals surface area (Å²) in [5, 5.41) is 9.17. The summed E-state index contributed by atoms with van der Waals surface area (Å²) in [6, 6.07) is 7.57. The first kappa shape index (κ1) is 20.7. The molecule has 1 aromatic rings. The predicted molar refractivity (Wildman–Crippen MR) is 103 cm³/mol. The van der Waals surface area contributed by atoms with E-state index in [0.717, 1.165) is 24.5 Å². The third kappa shape index (κ3) is 7.63. The number of unbranched alkanes of at least 4 members (excludes halogenated alkanes) is 2. The molecule has 0 atom stereocenters. The van der Waals surface area contributed by atoms with Crippen molar-refractivity contribution >= 4 is 35.8 Å². The van der Waals surface area contributed by atoms with Gasteiger partial charge in [0, 0.05) is 32.7 Å². The Balaban J connectivity index is 0.00000441. The van der Waals surface area contributed by atoms with Crippen LogP contribution in [0.2, 0.25) is 0 Å². The summed E-state index contributed by atoms with van der Waals surface area (Å²) in [5.74, 6) is 0.718. The fourth-order valence-electron chi connectivity index (χ4n) is 1.96. The summed E-state index contributed by atoms with van der Waals surface area (Å²) in [5.41, 5.74) is 1.72. The molecular weight excluding hydrogens is 391 g/mol. The lowest BCUT2D eigenvalue weighted by atomic mass is 10.1. The van der Waals surface area contributed by atoms with Crippen LogP contribution in [-0.2, 0) is 6.54 Å². The van der Waals surface area contributed by atoms with Crippen LogP contribution in [0.25, 0.3) is 0 Å². The molecule has 22 heavy (non-hydrogen) atoms. The van der Waals surface area contributed by atoms with Gasteiger partial charge in [0.25, 0.3) is 5.91 Å². The fraction of sp³-hybridized carbons (Fsp3) is 0.500. The maximum Gasteiger partial charge on any atom is 0.251 e. The largest absolute Gasteiger partial charge is 0.356 e. The van der Waals surface area contributed by atoms with Gasteiger partial charge in [0.1, 0.15) is 0 Å². The number of aliphatic imine (C=N–C) groups is 1. The molecule has 1 amide bonds. The van der Waals surface area contributed by atoms with E-state index in [0.29, 0.717) is 12.1 Å². The normalized spacial score (nSPS) is 10.6. The second-order valence-corrected chi connectivity index (χ2v) is 4.84. The highest BCUT2D eigenvalue weighted by Gasteiger charge is 2.04. The molecule has 0 radical (unpaired) electrons. The van der Waals surface area contributed by atoms with Crippen molar-refractivity contribution in [1.29, 1.82) is 0 Å². The van der Waals surface area contributed by atoms with E-state index in [1.807, 2.05) is 18.2 Å². The molecule has 0 aromatic heterocycles. The second-order valence-electron chi connectivity index (χ2n) is 4.84. The number of carbonyl (C=O) groups excluding carboxylic acids is 1. The van der Waals surface area contributed by atoms with E-state index < -0.39 is 0 Å². The molecule has 6 heteroatoms. The molecule has 0 fully saturated rings. The Bertz CT molecular complexity index is 477. The Labute approximate surface area is 150 Å². The molecule has 0 bridgehead atoms. The average Bonchev–Trinajstić information content (AvgIpc) is 2.53. The van der Waals surface area contributed by atoms with Crippen molar-refractivity contribution in [1.82, 2.24) is 16.0 Å². The Hall–Kier alpha value is -1.31. The Morgan fingerprint density at radius 1 is 1.23 bits per heavy atom. The molecule has 1 rings (SSSR count). The van der Waals surface area contributed by atoms with Crippen LogP contribution in [0.3, 0.4) is 0 Å². The number of halogens is 1. The van der Waals surface area contributed by atoms with Crippen molar-refractivity contribution in [3.63, 3.8) is 0 Å². The van der Waals surface area contributed by atoms with Crippen molar-refractivity contribution in [2.24, 2.45) is 4.99 Å².